The Kier molecular flexibility index (Phi) is 6.62. The van der Waals surface area contributed by atoms with Crippen LogP contribution in [-0.2, 0) is 23.9 Å². The number of carbonyl (C=O) groups is 1. The normalized spacial score (nSPS) is 14.7. The van der Waals surface area contributed by atoms with Crippen LogP contribution in [0.25, 0.3) is 0 Å². The van der Waals surface area contributed by atoms with Gasteiger partial charge in [-0.05, 0) is 30.8 Å². The largest absolute Gasteiger partial charge is 0.416 e. The topological polar surface area (TPSA) is 100 Å². The molecule has 168 valence electrons. The number of anilines is 1. The minimum atomic E-state index is -4.67. The molecule has 0 atom stereocenters. The predicted octanol–water partition coefficient (Wildman–Crippen LogP) is 3.17. The van der Waals surface area contributed by atoms with Crippen LogP contribution in [-0.4, -0.2) is 56.7 Å². The second-order valence-corrected chi connectivity index (χ2v) is 7.49. The molecule has 1 aliphatic heterocycles. The number of nitrogens with zero attached hydrogens (tertiary/aromatic N) is 5. The number of rotatable bonds is 6. The van der Waals surface area contributed by atoms with Crippen LogP contribution in [0.5, 0.6) is 0 Å². The van der Waals surface area contributed by atoms with Crippen LogP contribution < -0.4 is 4.90 Å². The number of piperazine rings is 1. The van der Waals surface area contributed by atoms with Crippen molar-refractivity contribution in [1.82, 2.24) is 19.7 Å². The van der Waals surface area contributed by atoms with E-state index in [1.807, 2.05) is 6.92 Å². The molecule has 9 nitrogen and oxygen atoms in total. The number of aryl methyl sites for hydroxylation is 1. The third-order valence-corrected chi connectivity index (χ3v) is 5.39. The van der Waals surface area contributed by atoms with E-state index < -0.39 is 22.4 Å². The molecule has 1 saturated heterocycles. The van der Waals surface area contributed by atoms with Crippen LogP contribution in [0.3, 0.4) is 0 Å². The smallest absolute Gasteiger partial charge is 0.362 e. The van der Waals surface area contributed by atoms with Crippen molar-refractivity contribution < 1.29 is 22.9 Å². The number of carbonyl (C=O) groups excluding carboxylic acids is 1. The molecule has 1 aliphatic rings. The molecule has 0 unspecified atom stereocenters. The third-order valence-electron chi connectivity index (χ3n) is 5.08. The molecular formula is C18H21F3N6O3S. The van der Waals surface area contributed by atoms with Crippen molar-refractivity contribution >= 4 is 29.5 Å². The van der Waals surface area contributed by atoms with E-state index in [4.69, 9.17) is 12.2 Å². The highest BCUT2D eigenvalue weighted by Gasteiger charge is 2.34. The Morgan fingerprint density at radius 3 is 2.55 bits per heavy atom. The molecule has 1 N–H and O–H groups in total. The van der Waals surface area contributed by atoms with Gasteiger partial charge in [0.25, 0.3) is 5.69 Å². The first-order chi connectivity index (χ1) is 14.6. The number of hydrogen-bond donors (Lipinski definition) is 1. The quantitative estimate of drug-likeness (QED) is 0.406. The number of H-pyrrole nitrogens is 1. The molecule has 1 aromatic carbocycles. The minimum absolute atomic E-state index is 0.0328. The molecule has 1 aromatic heterocycles. The van der Waals surface area contributed by atoms with Gasteiger partial charge in [-0.25, -0.2) is 0 Å². The van der Waals surface area contributed by atoms with Crippen molar-refractivity contribution in [2.24, 2.45) is 0 Å². The van der Waals surface area contributed by atoms with Crippen LogP contribution in [0.4, 0.5) is 24.5 Å². The van der Waals surface area contributed by atoms with E-state index in [0.717, 1.165) is 18.6 Å². The van der Waals surface area contributed by atoms with E-state index in [9.17, 15) is 28.1 Å². The van der Waals surface area contributed by atoms with Gasteiger partial charge in [0.15, 0.2) is 4.77 Å². The lowest BCUT2D eigenvalue weighted by Crippen LogP contribution is -2.49. The Morgan fingerprint density at radius 2 is 1.97 bits per heavy atom. The number of aromatic amines is 1. The fraction of sp³-hybridized carbons (Fsp3) is 0.500. The first-order valence-electron chi connectivity index (χ1n) is 9.64. The van der Waals surface area contributed by atoms with E-state index in [0.29, 0.717) is 23.1 Å². The molecule has 13 heteroatoms. The Hall–Kier alpha value is -2.96. The molecule has 0 radical (unpaired) electrons. The molecule has 0 saturated carbocycles. The summed E-state index contributed by atoms with van der Waals surface area (Å²) in [5.41, 5.74) is -1.58. The fourth-order valence-corrected chi connectivity index (χ4v) is 3.69. The molecule has 2 aromatic rings. The molecule has 31 heavy (non-hydrogen) atoms. The molecular weight excluding hydrogens is 437 g/mol. The van der Waals surface area contributed by atoms with Crippen molar-refractivity contribution in [2.45, 2.75) is 32.5 Å². The lowest BCUT2D eigenvalue weighted by atomic mass is 10.1. The van der Waals surface area contributed by atoms with Crippen LogP contribution in [0, 0.1) is 14.9 Å². The zero-order valence-electron chi connectivity index (χ0n) is 16.7. The van der Waals surface area contributed by atoms with Gasteiger partial charge in [-0.1, -0.05) is 6.92 Å². The Labute approximate surface area is 180 Å². The molecule has 0 spiro atoms. The van der Waals surface area contributed by atoms with Crippen molar-refractivity contribution in [1.29, 1.82) is 0 Å². The number of amides is 1. The number of nitrogens with one attached hydrogen (secondary N) is 1. The van der Waals surface area contributed by atoms with Crippen molar-refractivity contribution in [3.05, 3.63) is 44.5 Å². The lowest BCUT2D eigenvalue weighted by molar-refractivity contribution is -0.384. The number of nitro groups is 1. The Bertz CT molecular complexity index is 1030. The van der Waals surface area contributed by atoms with Gasteiger partial charge in [0.05, 0.1) is 10.5 Å². The van der Waals surface area contributed by atoms with Gasteiger partial charge in [0.2, 0.25) is 5.91 Å². The summed E-state index contributed by atoms with van der Waals surface area (Å²) in [6.45, 7) is 3.11. The second kappa shape index (κ2) is 9.04. The van der Waals surface area contributed by atoms with E-state index >= 15 is 0 Å². The van der Waals surface area contributed by atoms with Crippen molar-refractivity contribution in [3.63, 3.8) is 0 Å². The molecule has 2 heterocycles. The summed E-state index contributed by atoms with van der Waals surface area (Å²) < 4.78 is 40.7. The molecule has 0 aliphatic carbocycles. The number of aromatic nitrogens is 3. The van der Waals surface area contributed by atoms with Gasteiger partial charge in [-0.3, -0.25) is 24.6 Å². The Morgan fingerprint density at radius 1 is 1.29 bits per heavy atom. The molecule has 0 bridgehead atoms. The summed E-state index contributed by atoms with van der Waals surface area (Å²) in [6, 6.07) is 2.48. The zero-order valence-corrected chi connectivity index (χ0v) is 17.5. The van der Waals surface area contributed by atoms with Gasteiger partial charge in [-0.15, -0.1) is 0 Å². The summed E-state index contributed by atoms with van der Waals surface area (Å²) in [5.74, 6) is 0.524. The maximum atomic E-state index is 12.9. The highest BCUT2D eigenvalue weighted by atomic mass is 32.1. The van der Waals surface area contributed by atoms with Crippen molar-refractivity contribution in [2.75, 3.05) is 31.1 Å². The third kappa shape index (κ3) is 5.03. The van der Waals surface area contributed by atoms with E-state index in [1.54, 1.807) is 14.4 Å². The maximum Gasteiger partial charge on any atom is 0.416 e. The number of alkyl halides is 3. The van der Waals surface area contributed by atoms with Gasteiger partial charge in [0.1, 0.15) is 18.1 Å². The second-order valence-electron chi connectivity index (χ2n) is 7.11. The van der Waals surface area contributed by atoms with Crippen LogP contribution >= 0.6 is 12.2 Å². The summed E-state index contributed by atoms with van der Waals surface area (Å²) in [4.78, 5) is 26.5. The van der Waals surface area contributed by atoms with Gasteiger partial charge >= 0.3 is 6.18 Å². The maximum absolute atomic E-state index is 12.9. The average molecular weight is 458 g/mol. The average Bonchev–Trinajstić information content (AvgIpc) is 3.06. The van der Waals surface area contributed by atoms with Crippen LogP contribution in [0.1, 0.15) is 24.7 Å². The predicted molar refractivity (Wildman–Crippen MR) is 108 cm³/mol. The van der Waals surface area contributed by atoms with Crippen LogP contribution in [0.15, 0.2) is 18.2 Å². The molecule has 1 amide bonds. The van der Waals surface area contributed by atoms with E-state index in [1.165, 1.54) is 0 Å². The number of halogens is 3. The van der Waals surface area contributed by atoms with E-state index in [-0.39, 0.29) is 44.3 Å². The van der Waals surface area contributed by atoms with Gasteiger partial charge in [-0.2, -0.15) is 18.3 Å². The lowest BCUT2D eigenvalue weighted by Gasteiger charge is -2.36. The summed E-state index contributed by atoms with van der Waals surface area (Å²) >= 11 is 5.19. The van der Waals surface area contributed by atoms with Gasteiger partial charge in [0, 0.05) is 38.7 Å². The Balaban J connectivity index is 1.70. The SMILES string of the molecule is CCCc1n[nH]c(=S)n1CC(=O)N1CCN(c2ccc(C(F)(F)F)cc2[N+](=O)[O-])CC1. The summed E-state index contributed by atoms with van der Waals surface area (Å²) in [5, 5.41) is 18.1. The molecule has 1 fully saturated rings. The first kappa shape index (κ1) is 22.7. The standard InChI is InChI=1S/C18H21F3N6O3S/c1-2-3-15-22-23-17(31)26(15)11-16(28)25-8-6-24(7-9-25)13-5-4-12(18(19,20)21)10-14(13)27(29)30/h4-5,10H,2-3,6-9,11H2,1H3,(H,23,31). The highest BCUT2D eigenvalue weighted by molar-refractivity contribution is 7.71. The number of benzene rings is 1. The van der Waals surface area contributed by atoms with Gasteiger partial charge < -0.3 is 9.80 Å². The van der Waals surface area contributed by atoms with E-state index in [2.05, 4.69) is 10.2 Å². The molecule has 3 rings (SSSR count). The summed E-state index contributed by atoms with van der Waals surface area (Å²) in [7, 11) is 0. The fourth-order valence-electron chi connectivity index (χ4n) is 3.47. The minimum Gasteiger partial charge on any atom is -0.362 e. The first-order valence-corrected chi connectivity index (χ1v) is 10.0. The number of hydrogen-bond acceptors (Lipinski definition) is 6. The monoisotopic (exact) mass is 458 g/mol. The highest BCUT2D eigenvalue weighted by Crippen LogP contribution is 2.36. The number of nitro benzene ring substituents is 1. The zero-order chi connectivity index (χ0) is 22.8. The van der Waals surface area contributed by atoms with Crippen molar-refractivity contribution in [3.8, 4) is 0 Å². The summed E-state index contributed by atoms with van der Waals surface area (Å²) in [6.07, 6.45) is -3.15. The van der Waals surface area contributed by atoms with Crippen LogP contribution in [0.2, 0.25) is 0 Å².